The van der Waals surface area contributed by atoms with Gasteiger partial charge in [-0.3, -0.25) is 9.59 Å². The van der Waals surface area contributed by atoms with Crippen LogP contribution in [0.5, 0.6) is 0 Å². The summed E-state index contributed by atoms with van der Waals surface area (Å²) in [6, 6.07) is 8.78. The van der Waals surface area contributed by atoms with Crippen LogP contribution in [0.4, 0.5) is 5.82 Å². The summed E-state index contributed by atoms with van der Waals surface area (Å²) in [6.07, 6.45) is 1.37. The van der Waals surface area contributed by atoms with Gasteiger partial charge in [0, 0.05) is 17.7 Å². The van der Waals surface area contributed by atoms with E-state index in [1.54, 1.807) is 12.1 Å². The molecule has 1 aromatic carbocycles. The molecule has 1 heterocycles. The van der Waals surface area contributed by atoms with Gasteiger partial charge in [-0.15, -0.1) is 0 Å². The molecular weight excluding hydrogens is 282 g/mol. The summed E-state index contributed by atoms with van der Waals surface area (Å²) in [5, 5.41) is 6.21. The largest absolute Gasteiger partial charge is 0.363 e. The minimum absolute atomic E-state index is 0.0440. The van der Waals surface area contributed by atoms with Crippen molar-refractivity contribution in [2.75, 3.05) is 11.9 Å². The molecule has 0 radical (unpaired) electrons. The zero-order chi connectivity index (χ0) is 16.1. The van der Waals surface area contributed by atoms with E-state index >= 15 is 0 Å². The summed E-state index contributed by atoms with van der Waals surface area (Å²) in [5.41, 5.74) is 1.49. The highest BCUT2D eigenvalue weighted by molar-refractivity contribution is 6.00. The summed E-state index contributed by atoms with van der Waals surface area (Å²) in [4.78, 5) is 26.2. The molecule has 0 fully saturated rings. The average molecular weight is 301 g/mol. The fourth-order valence-corrected chi connectivity index (χ4v) is 2.07. The molecule has 116 valence electrons. The molecule has 0 unspecified atom stereocenters. The van der Waals surface area contributed by atoms with E-state index in [9.17, 15) is 9.59 Å². The lowest BCUT2D eigenvalue weighted by Crippen LogP contribution is -2.42. The van der Waals surface area contributed by atoms with Crippen molar-refractivity contribution >= 4 is 17.6 Å². The van der Waals surface area contributed by atoms with E-state index in [1.807, 2.05) is 39.0 Å². The molecule has 0 aliphatic rings. The van der Waals surface area contributed by atoms with E-state index in [4.69, 9.17) is 0 Å². The fraction of sp³-hybridized carbons (Fsp3) is 0.312. The Bertz CT molecular complexity index is 650. The Hall–Kier alpha value is -2.63. The van der Waals surface area contributed by atoms with Gasteiger partial charge in [-0.05, 0) is 32.4 Å². The number of nitrogens with zero attached hydrogens (tertiary/aromatic N) is 2. The third kappa shape index (κ3) is 3.72. The van der Waals surface area contributed by atoms with Crippen LogP contribution >= 0.6 is 0 Å². The van der Waals surface area contributed by atoms with Gasteiger partial charge in [0.2, 0.25) is 5.91 Å². The van der Waals surface area contributed by atoms with E-state index in [2.05, 4.69) is 15.0 Å². The highest BCUT2D eigenvalue weighted by atomic mass is 16.5. The Morgan fingerprint density at radius 3 is 2.59 bits per heavy atom. The third-order valence-electron chi connectivity index (χ3n) is 3.28. The summed E-state index contributed by atoms with van der Waals surface area (Å²) in [5.74, 6) is -0.148. The molecule has 1 N–H and O–H groups in total. The van der Waals surface area contributed by atoms with E-state index in [0.717, 1.165) is 5.56 Å². The Balaban J connectivity index is 2.11. The molecule has 1 aromatic heterocycles. The Kier molecular flexibility index (Phi) is 4.93. The normalized spacial score (nSPS) is 10.5. The molecule has 0 atom stereocenters. The molecule has 0 saturated heterocycles. The predicted molar refractivity (Wildman–Crippen MR) is 82.5 cm³/mol. The number of carbonyl (C=O) groups is 2. The van der Waals surface area contributed by atoms with Crippen molar-refractivity contribution < 1.29 is 14.1 Å². The first-order valence-corrected chi connectivity index (χ1v) is 7.06. The van der Waals surface area contributed by atoms with Crippen molar-refractivity contribution in [3.05, 3.63) is 47.7 Å². The van der Waals surface area contributed by atoms with Gasteiger partial charge in [-0.25, -0.2) is 0 Å². The first-order chi connectivity index (χ1) is 10.5. The number of nitrogens with one attached hydrogen (secondary N) is 1. The summed E-state index contributed by atoms with van der Waals surface area (Å²) in [6.45, 7) is 5.58. The first kappa shape index (κ1) is 15.8. The van der Waals surface area contributed by atoms with Crippen molar-refractivity contribution in [3.63, 3.8) is 0 Å². The molecule has 22 heavy (non-hydrogen) atoms. The maximum absolute atomic E-state index is 12.7. The fourth-order valence-electron chi connectivity index (χ4n) is 2.07. The molecule has 6 heteroatoms. The van der Waals surface area contributed by atoms with Crippen molar-refractivity contribution in [1.29, 1.82) is 0 Å². The average Bonchev–Trinajstić information content (AvgIpc) is 2.97. The third-order valence-corrected chi connectivity index (χ3v) is 3.28. The van der Waals surface area contributed by atoms with Crippen molar-refractivity contribution in [2.24, 2.45) is 0 Å². The van der Waals surface area contributed by atoms with Gasteiger partial charge < -0.3 is 14.7 Å². The van der Waals surface area contributed by atoms with Gasteiger partial charge in [0.05, 0.1) is 0 Å². The molecule has 2 rings (SSSR count). The van der Waals surface area contributed by atoms with Crippen LogP contribution < -0.4 is 5.32 Å². The van der Waals surface area contributed by atoms with E-state index in [-0.39, 0.29) is 24.4 Å². The first-order valence-electron chi connectivity index (χ1n) is 7.06. The smallest absolute Gasteiger partial charge is 0.254 e. The molecule has 2 aromatic rings. The maximum atomic E-state index is 12.7. The molecule has 0 aliphatic carbocycles. The minimum atomic E-state index is -0.315. The number of anilines is 1. The molecule has 6 nitrogen and oxygen atoms in total. The van der Waals surface area contributed by atoms with Gasteiger partial charge in [-0.1, -0.05) is 23.4 Å². The van der Waals surface area contributed by atoms with Gasteiger partial charge in [0.25, 0.3) is 5.91 Å². The molecule has 2 amide bonds. The molecule has 0 saturated carbocycles. The van der Waals surface area contributed by atoms with Gasteiger partial charge in [0.1, 0.15) is 12.8 Å². The second kappa shape index (κ2) is 6.89. The van der Waals surface area contributed by atoms with Crippen LogP contribution in [-0.2, 0) is 4.79 Å². The number of benzene rings is 1. The molecule has 0 aliphatic heterocycles. The predicted octanol–water partition coefficient (Wildman–Crippen LogP) is 2.47. The zero-order valence-corrected chi connectivity index (χ0v) is 12.9. The van der Waals surface area contributed by atoms with Crippen LogP contribution in [-0.4, -0.2) is 34.5 Å². The van der Waals surface area contributed by atoms with Crippen LogP contribution in [0, 0.1) is 6.92 Å². The highest BCUT2D eigenvalue weighted by Crippen LogP contribution is 2.13. The number of hydrogen-bond acceptors (Lipinski definition) is 4. The van der Waals surface area contributed by atoms with Gasteiger partial charge >= 0.3 is 0 Å². The van der Waals surface area contributed by atoms with Crippen LogP contribution in [0.15, 0.2) is 41.1 Å². The van der Waals surface area contributed by atoms with Crippen molar-refractivity contribution in [3.8, 4) is 0 Å². The Labute approximate surface area is 129 Å². The van der Waals surface area contributed by atoms with Gasteiger partial charge in [0.15, 0.2) is 5.82 Å². The summed E-state index contributed by atoms with van der Waals surface area (Å²) < 4.78 is 4.66. The Morgan fingerprint density at radius 2 is 2.00 bits per heavy atom. The number of hydrogen-bond donors (Lipinski definition) is 1. The zero-order valence-electron chi connectivity index (χ0n) is 12.9. The van der Waals surface area contributed by atoms with E-state index in [0.29, 0.717) is 11.4 Å². The number of rotatable bonds is 5. The topological polar surface area (TPSA) is 75.4 Å². The van der Waals surface area contributed by atoms with Crippen LogP contribution in [0.2, 0.25) is 0 Å². The quantitative estimate of drug-likeness (QED) is 0.920. The van der Waals surface area contributed by atoms with Crippen molar-refractivity contribution in [2.45, 2.75) is 26.8 Å². The van der Waals surface area contributed by atoms with Crippen LogP contribution in [0.3, 0.4) is 0 Å². The molecule has 0 spiro atoms. The second-order valence-corrected chi connectivity index (χ2v) is 5.27. The number of carbonyl (C=O) groups excluding carboxylic acids is 2. The van der Waals surface area contributed by atoms with Crippen molar-refractivity contribution in [1.82, 2.24) is 10.1 Å². The van der Waals surface area contributed by atoms with Crippen LogP contribution in [0.1, 0.15) is 29.8 Å². The number of amides is 2. The summed E-state index contributed by atoms with van der Waals surface area (Å²) >= 11 is 0. The highest BCUT2D eigenvalue weighted by Gasteiger charge is 2.22. The minimum Gasteiger partial charge on any atom is -0.363 e. The number of aryl methyl sites for hydroxylation is 1. The number of aromatic nitrogens is 1. The van der Waals surface area contributed by atoms with E-state index < -0.39 is 0 Å². The lowest BCUT2D eigenvalue weighted by Gasteiger charge is -2.26. The second-order valence-electron chi connectivity index (χ2n) is 5.27. The van der Waals surface area contributed by atoms with Crippen LogP contribution in [0.25, 0.3) is 0 Å². The monoisotopic (exact) mass is 301 g/mol. The lowest BCUT2D eigenvalue weighted by atomic mass is 10.1. The maximum Gasteiger partial charge on any atom is 0.254 e. The van der Waals surface area contributed by atoms with Gasteiger partial charge in [-0.2, -0.15) is 0 Å². The van der Waals surface area contributed by atoms with E-state index in [1.165, 1.54) is 11.2 Å². The Morgan fingerprint density at radius 1 is 1.27 bits per heavy atom. The SMILES string of the molecule is Cc1ccccc1C(=O)N(CC(=O)Nc1ccon1)C(C)C. The summed E-state index contributed by atoms with van der Waals surface area (Å²) in [7, 11) is 0. The molecule has 0 bridgehead atoms. The lowest BCUT2D eigenvalue weighted by molar-refractivity contribution is -0.117. The molecular formula is C16H19N3O3. The standard InChI is InChI=1S/C16H19N3O3/c1-11(2)19(10-15(20)17-14-8-9-22-18-14)16(21)13-7-5-4-6-12(13)3/h4-9,11H,10H2,1-3H3,(H,17,18,20).